The van der Waals surface area contributed by atoms with Crippen molar-refractivity contribution in [3.8, 4) is 0 Å². The maximum Gasteiger partial charge on any atom is 0.412 e. The van der Waals surface area contributed by atoms with Crippen molar-refractivity contribution in [3.05, 3.63) is 23.5 Å². The predicted molar refractivity (Wildman–Crippen MR) is 76.3 cm³/mol. The van der Waals surface area contributed by atoms with Crippen molar-refractivity contribution < 1.29 is 19.1 Å². The smallest absolute Gasteiger partial charge is 0.412 e. The van der Waals surface area contributed by atoms with Gasteiger partial charge >= 0.3 is 6.09 Å². The van der Waals surface area contributed by atoms with Gasteiger partial charge in [0, 0.05) is 12.6 Å². The van der Waals surface area contributed by atoms with Crippen LogP contribution < -0.4 is 16.0 Å². The van der Waals surface area contributed by atoms with Crippen molar-refractivity contribution in [3.63, 3.8) is 0 Å². The summed E-state index contributed by atoms with van der Waals surface area (Å²) >= 11 is 0. The molecule has 0 aromatic heterocycles. The van der Waals surface area contributed by atoms with Crippen molar-refractivity contribution >= 4 is 12.0 Å². The molecule has 0 radical (unpaired) electrons. The molecule has 0 bridgehead atoms. The Hall–Kier alpha value is -2.02. The lowest BCUT2D eigenvalue weighted by Crippen LogP contribution is -2.46. The molecule has 1 fully saturated rings. The van der Waals surface area contributed by atoms with Crippen LogP contribution in [0.25, 0.3) is 0 Å². The number of allylic oxidation sites excluding steroid dienone is 2. The van der Waals surface area contributed by atoms with Crippen LogP contribution in [0.2, 0.25) is 0 Å². The molecule has 2 rings (SSSR count). The number of carbonyl (C=O) groups is 2. The number of ether oxygens (including phenoxy) is 2. The fourth-order valence-corrected chi connectivity index (χ4v) is 2.12. The lowest BCUT2D eigenvalue weighted by Gasteiger charge is -2.24. The van der Waals surface area contributed by atoms with Gasteiger partial charge in [0.1, 0.15) is 25.1 Å². The standard InChI is InChI=1S/C14H21N3O4/c1-3-10-4-9(2)5-12(16-10)17-14(19)21-7-11-6-15-13(18)8-20-11/h4-5,10-11,16H,3,6-8H2,1-2H3,(H,15,18)(H,17,19)/t10?,11-/m0/s1. The molecule has 21 heavy (non-hydrogen) atoms. The SMILES string of the molecule is CCC1C=C(C)C=C(NC(=O)OC[C@@H]2CNC(=O)CO2)N1. The molecule has 2 amide bonds. The topological polar surface area (TPSA) is 88.7 Å². The molecular formula is C14H21N3O4. The second-order valence-corrected chi connectivity index (χ2v) is 5.09. The van der Waals surface area contributed by atoms with E-state index in [9.17, 15) is 9.59 Å². The van der Waals surface area contributed by atoms with E-state index in [-0.39, 0.29) is 31.3 Å². The average molecular weight is 295 g/mol. The summed E-state index contributed by atoms with van der Waals surface area (Å²) in [6, 6.07) is 0.210. The van der Waals surface area contributed by atoms with Crippen molar-refractivity contribution in [2.75, 3.05) is 19.8 Å². The summed E-state index contributed by atoms with van der Waals surface area (Å²) in [6.07, 6.45) is 4.05. The molecule has 0 aliphatic carbocycles. The van der Waals surface area contributed by atoms with E-state index in [0.717, 1.165) is 12.0 Å². The fourth-order valence-electron chi connectivity index (χ4n) is 2.12. The van der Waals surface area contributed by atoms with Gasteiger partial charge in [0.05, 0.1) is 0 Å². The highest BCUT2D eigenvalue weighted by molar-refractivity contribution is 5.77. The van der Waals surface area contributed by atoms with Crippen LogP contribution in [0.1, 0.15) is 20.3 Å². The zero-order valence-electron chi connectivity index (χ0n) is 12.3. The van der Waals surface area contributed by atoms with Crippen LogP contribution in [-0.4, -0.2) is 43.9 Å². The number of alkyl carbamates (subject to hydrolysis) is 1. The summed E-state index contributed by atoms with van der Waals surface area (Å²) in [5, 5.41) is 8.51. The Morgan fingerprint density at radius 3 is 3.05 bits per heavy atom. The first-order chi connectivity index (χ1) is 10.1. The first-order valence-electron chi connectivity index (χ1n) is 7.05. The Morgan fingerprint density at radius 1 is 1.57 bits per heavy atom. The van der Waals surface area contributed by atoms with E-state index in [1.54, 1.807) is 0 Å². The number of dihydropyridines is 1. The van der Waals surface area contributed by atoms with Crippen molar-refractivity contribution in [2.24, 2.45) is 0 Å². The largest absolute Gasteiger partial charge is 0.446 e. The molecule has 0 aromatic carbocycles. The molecule has 116 valence electrons. The van der Waals surface area contributed by atoms with Gasteiger partial charge in [-0.15, -0.1) is 0 Å². The Labute approximate surface area is 123 Å². The molecule has 7 heteroatoms. The maximum absolute atomic E-state index is 11.7. The van der Waals surface area contributed by atoms with Gasteiger partial charge < -0.3 is 20.1 Å². The summed E-state index contributed by atoms with van der Waals surface area (Å²) in [7, 11) is 0. The number of rotatable bonds is 4. The van der Waals surface area contributed by atoms with Crippen LogP contribution in [0.15, 0.2) is 23.5 Å². The molecule has 2 aliphatic rings. The van der Waals surface area contributed by atoms with Gasteiger partial charge in [-0.3, -0.25) is 10.1 Å². The lowest BCUT2D eigenvalue weighted by atomic mass is 10.1. The summed E-state index contributed by atoms with van der Waals surface area (Å²) in [6.45, 7) is 4.51. The van der Waals surface area contributed by atoms with Gasteiger partial charge in [0.2, 0.25) is 5.91 Å². The van der Waals surface area contributed by atoms with Crippen LogP contribution in [0, 0.1) is 0 Å². The molecule has 0 aromatic rings. The summed E-state index contributed by atoms with van der Waals surface area (Å²) in [5.41, 5.74) is 1.09. The Morgan fingerprint density at radius 2 is 2.38 bits per heavy atom. The van der Waals surface area contributed by atoms with Gasteiger partial charge in [0.25, 0.3) is 0 Å². The molecule has 1 saturated heterocycles. The number of morpholine rings is 1. The van der Waals surface area contributed by atoms with Crippen LogP contribution in [-0.2, 0) is 14.3 Å². The van der Waals surface area contributed by atoms with E-state index in [0.29, 0.717) is 12.4 Å². The third-order valence-electron chi connectivity index (χ3n) is 3.23. The third kappa shape index (κ3) is 4.78. The number of hydrogen-bond acceptors (Lipinski definition) is 5. The van der Waals surface area contributed by atoms with Crippen LogP contribution >= 0.6 is 0 Å². The monoisotopic (exact) mass is 295 g/mol. The average Bonchev–Trinajstić information content (AvgIpc) is 2.46. The molecule has 2 atom stereocenters. The number of hydrogen-bond donors (Lipinski definition) is 3. The van der Waals surface area contributed by atoms with E-state index in [1.165, 1.54) is 0 Å². The highest BCUT2D eigenvalue weighted by Crippen LogP contribution is 2.10. The lowest BCUT2D eigenvalue weighted by molar-refractivity contribution is -0.134. The Balaban J connectivity index is 1.74. The second-order valence-electron chi connectivity index (χ2n) is 5.09. The molecule has 0 spiro atoms. The quantitative estimate of drug-likeness (QED) is 0.698. The minimum atomic E-state index is -0.543. The molecule has 7 nitrogen and oxygen atoms in total. The highest BCUT2D eigenvalue weighted by atomic mass is 16.6. The molecule has 3 N–H and O–H groups in total. The Bertz CT molecular complexity index is 463. The zero-order valence-corrected chi connectivity index (χ0v) is 12.3. The van der Waals surface area contributed by atoms with E-state index >= 15 is 0 Å². The molecule has 2 heterocycles. The van der Waals surface area contributed by atoms with Crippen molar-refractivity contribution in [2.45, 2.75) is 32.4 Å². The highest BCUT2D eigenvalue weighted by Gasteiger charge is 2.20. The van der Waals surface area contributed by atoms with Gasteiger partial charge in [0.15, 0.2) is 0 Å². The normalized spacial score (nSPS) is 25.1. The van der Waals surface area contributed by atoms with Gasteiger partial charge in [-0.25, -0.2) is 4.79 Å². The van der Waals surface area contributed by atoms with Crippen LogP contribution in [0.3, 0.4) is 0 Å². The first kappa shape index (κ1) is 15.4. The number of amides is 2. The van der Waals surface area contributed by atoms with Crippen LogP contribution in [0.5, 0.6) is 0 Å². The minimum Gasteiger partial charge on any atom is -0.446 e. The fraction of sp³-hybridized carbons (Fsp3) is 0.571. The van der Waals surface area contributed by atoms with Gasteiger partial charge in [-0.2, -0.15) is 0 Å². The van der Waals surface area contributed by atoms with Crippen molar-refractivity contribution in [1.82, 2.24) is 16.0 Å². The molecule has 2 aliphatic heterocycles. The van der Waals surface area contributed by atoms with E-state index in [1.807, 2.05) is 13.0 Å². The van der Waals surface area contributed by atoms with E-state index in [4.69, 9.17) is 9.47 Å². The maximum atomic E-state index is 11.7. The molecule has 1 unspecified atom stereocenters. The van der Waals surface area contributed by atoms with E-state index < -0.39 is 6.09 Å². The predicted octanol–water partition coefficient (Wildman–Crippen LogP) is 0.397. The number of carbonyl (C=O) groups excluding carboxylic acids is 2. The van der Waals surface area contributed by atoms with E-state index in [2.05, 4.69) is 29.0 Å². The van der Waals surface area contributed by atoms with Crippen LogP contribution in [0.4, 0.5) is 4.79 Å². The zero-order chi connectivity index (χ0) is 15.2. The second kappa shape index (κ2) is 7.12. The summed E-state index contributed by atoms with van der Waals surface area (Å²) in [5.74, 6) is 0.477. The minimum absolute atomic E-state index is 0.00449. The Kier molecular flexibility index (Phi) is 5.21. The molecule has 0 saturated carbocycles. The number of nitrogens with one attached hydrogen (secondary N) is 3. The summed E-state index contributed by atoms with van der Waals surface area (Å²) < 4.78 is 10.3. The van der Waals surface area contributed by atoms with Crippen molar-refractivity contribution in [1.29, 1.82) is 0 Å². The third-order valence-corrected chi connectivity index (χ3v) is 3.23. The first-order valence-corrected chi connectivity index (χ1v) is 7.05. The van der Waals surface area contributed by atoms with Gasteiger partial charge in [-0.1, -0.05) is 13.0 Å². The summed E-state index contributed by atoms with van der Waals surface area (Å²) in [4.78, 5) is 22.7. The molecular weight excluding hydrogens is 274 g/mol. The van der Waals surface area contributed by atoms with Gasteiger partial charge in [-0.05, 0) is 25.0 Å².